The molecule has 128 valence electrons. The molecular weight excluding hydrogens is 320 g/mol. The van der Waals surface area contributed by atoms with Crippen LogP contribution in [0.1, 0.15) is 30.1 Å². The Kier molecular flexibility index (Phi) is 4.59. The average molecular weight is 337 g/mol. The van der Waals surface area contributed by atoms with Gasteiger partial charge < -0.3 is 10.1 Å². The van der Waals surface area contributed by atoms with Gasteiger partial charge in [0.05, 0.1) is 11.7 Å². The van der Waals surface area contributed by atoms with Crippen LogP contribution in [0, 0.1) is 0 Å². The number of hydrogen-bond acceptors (Lipinski definition) is 4. The predicted molar refractivity (Wildman–Crippen MR) is 81.9 cm³/mol. The summed E-state index contributed by atoms with van der Waals surface area (Å²) >= 11 is 0. The smallest absolute Gasteiger partial charge is 0.388 e. The highest BCUT2D eigenvalue weighted by Crippen LogP contribution is 2.27. The number of amides is 2. The highest BCUT2D eigenvalue weighted by atomic mass is 19.3. The number of alkyl halides is 2. The number of carbonyl (C=O) groups excluding carboxylic acids is 1. The molecule has 0 unspecified atom stereocenters. The molecule has 0 aromatic carbocycles. The summed E-state index contributed by atoms with van der Waals surface area (Å²) in [6.07, 6.45) is 4.39. The number of carbonyl (C=O) groups is 1. The van der Waals surface area contributed by atoms with E-state index >= 15 is 0 Å². The van der Waals surface area contributed by atoms with E-state index in [1.807, 2.05) is 12.1 Å². The van der Waals surface area contributed by atoms with Crippen LogP contribution in [0.5, 0.6) is 5.88 Å². The molecule has 2 N–H and O–H groups in total. The van der Waals surface area contributed by atoms with Crippen molar-refractivity contribution in [1.82, 2.24) is 20.1 Å². The number of aryl methyl sites for hydroxylation is 2. The normalized spacial score (nSPS) is 16.6. The van der Waals surface area contributed by atoms with Crippen LogP contribution in [0.25, 0.3) is 0 Å². The summed E-state index contributed by atoms with van der Waals surface area (Å²) in [7, 11) is 1.45. The molecule has 1 aliphatic carbocycles. The van der Waals surface area contributed by atoms with Gasteiger partial charge in [-0.05, 0) is 30.9 Å². The second-order valence-electron chi connectivity index (χ2n) is 5.46. The first-order valence-corrected chi connectivity index (χ1v) is 7.53. The summed E-state index contributed by atoms with van der Waals surface area (Å²) < 4.78 is 29.9. The minimum absolute atomic E-state index is 0.128. The zero-order valence-electron chi connectivity index (χ0n) is 13.0. The van der Waals surface area contributed by atoms with Crippen LogP contribution in [0.3, 0.4) is 0 Å². The number of nitrogens with one attached hydrogen (secondary N) is 2. The lowest BCUT2D eigenvalue weighted by molar-refractivity contribution is -0.0553. The lowest BCUT2D eigenvalue weighted by Crippen LogP contribution is -2.35. The Morgan fingerprint density at radius 3 is 3.12 bits per heavy atom. The Morgan fingerprint density at radius 1 is 1.50 bits per heavy atom. The molecule has 0 fully saturated rings. The van der Waals surface area contributed by atoms with E-state index < -0.39 is 12.6 Å². The second kappa shape index (κ2) is 6.81. The summed E-state index contributed by atoms with van der Waals surface area (Å²) in [6, 6.07) is 4.45. The van der Waals surface area contributed by atoms with Crippen LogP contribution >= 0.6 is 0 Å². The maximum Gasteiger partial charge on any atom is 0.388 e. The first kappa shape index (κ1) is 16.2. The third-order valence-corrected chi connectivity index (χ3v) is 3.79. The van der Waals surface area contributed by atoms with Gasteiger partial charge in [0.25, 0.3) is 0 Å². The van der Waals surface area contributed by atoms with E-state index in [-0.39, 0.29) is 17.7 Å². The van der Waals surface area contributed by atoms with Crippen LogP contribution in [0.4, 0.5) is 19.4 Å². The molecule has 1 aliphatic rings. The Morgan fingerprint density at radius 2 is 2.33 bits per heavy atom. The van der Waals surface area contributed by atoms with Crippen LogP contribution < -0.4 is 15.4 Å². The lowest BCUT2D eigenvalue weighted by atomic mass is 9.92. The largest absolute Gasteiger partial charge is 0.417 e. The van der Waals surface area contributed by atoms with Crippen molar-refractivity contribution in [2.75, 3.05) is 5.32 Å². The number of halogens is 2. The highest BCUT2D eigenvalue weighted by molar-refractivity contribution is 5.88. The Bertz CT molecular complexity index is 734. The maximum atomic E-state index is 12.3. The summed E-state index contributed by atoms with van der Waals surface area (Å²) in [5, 5.41) is 9.27. The van der Waals surface area contributed by atoms with Gasteiger partial charge in [-0.2, -0.15) is 13.9 Å². The molecule has 2 aromatic rings. The third-order valence-electron chi connectivity index (χ3n) is 3.79. The van der Waals surface area contributed by atoms with E-state index in [0.717, 1.165) is 35.2 Å². The molecule has 0 aliphatic heterocycles. The van der Waals surface area contributed by atoms with Gasteiger partial charge in [0.1, 0.15) is 0 Å². The summed E-state index contributed by atoms with van der Waals surface area (Å²) in [6.45, 7) is -2.95. The maximum absolute atomic E-state index is 12.3. The highest BCUT2D eigenvalue weighted by Gasteiger charge is 2.23. The fraction of sp³-hybridized carbons (Fsp3) is 0.400. The lowest BCUT2D eigenvalue weighted by Gasteiger charge is -2.24. The van der Waals surface area contributed by atoms with Gasteiger partial charge in [-0.15, -0.1) is 0 Å². The molecule has 0 bridgehead atoms. The van der Waals surface area contributed by atoms with Crippen LogP contribution in [-0.4, -0.2) is 27.4 Å². The van der Waals surface area contributed by atoms with E-state index in [0.29, 0.717) is 0 Å². The average Bonchev–Trinajstić information content (AvgIpc) is 2.86. The minimum atomic E-state index is -2.95. The summed E-state index contributed by atoms with van der Waals surface area (Å²) in [5.41, 5.74) is 1.99. The molecule has 7 nitrogen and oxygen atoms in total. The van der Waals surface area contributed by atoms with Crippen LogP contribution in [0.2, 0.25) is 0 Å². The van der Waals surface area contributed by atoms with Gasteiger partial charge in [-0.1, -0.05) is 6.07 Å². The summed E-state index contributed by atoms with van der Waals surface area (Å²) in [5.74, 6) is -0.00678. The number of pyridine rings is 1. The van der Waals surface area contributed by atoms with E-state index in [4.69, 9.17) is 0 Å². The summed E-state index contributed by atoms with van der Waals surface area (Å²) in [4.78, 5) is 16.5. The molecular formula is C15H17F2N5O2. The molecule has 0 saturated carbocycles. The van der Waals surface area contributed by atoms with Crippen molar-refractivity contribution in [2.45, 2.75) is 31.9 Å². The quantitative estimate of drug-likeness (QED) is 0.899. The number of hydrogen-bond donors (Lipinski definition) is 2. The van der Waals surface area contributed by atoms with Crippen molar-refractivity contribution < 1.29 is 18.3 Å². The topological polar surface area (TPSA) is 81.1 Å². The second-order valence-corrected chi connectivity index (χ2v) is 5.46. The van der Waals surface area contributed by atoms with E-state index in [2.05, 4.69) is 25.5 Å². The van der Waals surface area contributed by atoms with Crippen molar-refractivity contribution in [1.29, 1.82) is 0 Å². The van der Waals surface area contributed by atoms with Crippen molar-refractivity contribution in [2.24, 2.45) is 7.05 Å². The van der Waals surface area contributed by atoms with E-state index in [1.165, 1.54) is 13.1 Å². The molecule has 2 aromatic heterocycles. The molecule has 2 amide bonds. The van der Waals surface area contributed by atoms with Crippen LogP contribution in [0.15, 0.2) is 24.4 Å². The molecule has 3 rings (SSSR count). The zero-order chi connectivity index (χ0) is 17.1. The third kappa shape index (κ3) is 3.61. The SMILES string of the molecule is Cn1nc(NC(=O)N[C@@H]2CCCc3cccnc32)cc1OC(F)F. The van der Waals surface area contributed by atoms with E-state index in [9.17, 15) is 13.6 Å². The van der Waals surface area contributed by atoms with Crippen molar-refractivity contribution >= 4 is 11.8 Å². The number of rotatable bonds is 4. The zero-order valence-corrected chi connectivity index (χ0v) is 13.0. The monoisotopic (exact) mass is 337 g/mol. The van der Waals surface area contributed by atoms with Gasteiger partial charge >= 0.3 is 12.6 Å². The first-order chi connectivity index (χ1) is 11.5. The molecule has 0 spiro atoms. The van der Waals surface area contributed by atoms with Gasteiger partial charge in [0.2, 0.25) is 5.88 Å². The van der Waals surface area contributed by atoms with Crippen molar-refractivity contribution in [3.05, 3.63) is 35.7 Å². The standard InChI is InChI=1S/C15H17F2N5O2/c1-22-12(24-14(16)17)8-11(21-22)20-15(23)19-10-6-2-4-9-5-3-7-18-13(9)10/h3,5,7-8,10,14H,2,4,6H2,1H3,(H2,19,20,21,23)/t10-/m1/s1. The van der Waals surface area contributed by atoms with Crippen molar-refractivity contribution in [3.8, 4) is 5.88 Å². The number of anilines is 1. The number of fused-ring (bicyclic) bond motifs is 1. The van der Waals surface area contributed by atoms with E-state index in [1.54, 1.807) is 6.20 Å². The number of ether oxygens (including phenoxy) is 1. The minimum Gasteiger partial charge on any atom is -0.417 e. The fourth-order valence-electron chi connectivity index (χ4n) is 2.77. The number of urea groups is 1. The Hall–Kier alpha value is -2.71. The molecule has 0 saturated heterocycles. The molecule has 1 atom stereocenters. The van der Waals surface area contributed by atoms with Gasteiger partial charge in [0, 0.05) is 19.3 Å². The Balaban J connectivity index is 1.65. The predicted octanol–water partition coefficient (Wildman–Crippen LogP) is 2.62. The first-order valence-electron chi connectivity index (χ1n) is 7.53. The molecule has 2 heterocycles. The van der Waals surface area contributed by atoms with Gasteiger partial charge in [0.15, 0.2) is 5.82 Å². The fourth-order valence-corrected chi connectivity index (χ4v) is 2.77. The van der Waals surface area contributed by atoms with Crippen molar-refractivity contribution in [3.63, 3.8) is 0 Å². The van der Waals surface area contributed by atoms with Crippen LogP contribution in [-0.2, 0) is 13.5 Å². The molecule has 24 heavy (non-hydrogen) atoms. The van der Waals surface area contributed by atoms with Gasteiger partial charge in [-0.25, -0.2) is 9.48 Å². The molecule has 9 heteroatoms. The van der Waals surface area contributed by atoms with Gasteiger partial charge in [-0.3, -0.25) is 10.3 Å². The molecule has 0 radical (unpaired) electrons. The number of aromatic nitrogens is 3. The number of nitrogens with zero attached hydrogens (tertiary/aromatic N) is 3. The Labute approximate surface area is 137 Å².